The third kappa shape index (κ3) is 8.22. The quantitative estimate of drug-likeness (QED) is 0.202. The molecule has 2 heterocycles. The first-order valence-electron chi connectivity index (χ1n) is 16.4. The van der Waals surface area contributed by atoms with Crippen LogP contribution in [0.5, 0.6) is 0 Å². The Morgan fingerprint density at radius 3 is 2.58 bits per heavy atom. The van der Waals surface area contributed by atoms with Crippen LogP contribution in [0.15, 0.2) is 37.4 Å². The molecule has 8 atom stereocenters. The fourth-order valence-corrected chi connectivity index (χ4v) is 6.71. The second-order valence-corrected chi connectivity index (χ2v) is 13.1. The van der Waals surface area contributed by atoms with E-state index in [0.717, 1.165) is 37.7 Å². The SMILES string of the molecule is C=CCC[C@@H](OC)[C@@H](C)C(=O)N[C@H](C(=O)N[C@@H](C)C(=O)N1CCC[C@@H](C2OC2N(C)[C@@H]2CCc3ccc(C=C)cc32)N1)C(C)C. The molecule has 2 aliphatic heterocycles. The van der Waals surface area contributed by atoms with Crippen LogP contribution in [0.4, 0.5) is 0 Å². The van der Waals surface area contributed by atoms with Crippen LogP contribution in [0.25, 0.3) is 6.08 Å². The van der Waals surface area contributed by atoms with Gasteiger partial charge in [-0.25, -0.2) is 5.43 Å². The number of carbonyl (C=O) groups excluding carboxylic acids is 3. The number of amides is 3. The molecule has 1 aliphatic carbocycles. The van der Waals surface area contributed by atoms with Gasteiger partial charge in [0.1, 0.15) is 24.4 Å². The third-order valence-corrected chi connectivity index (χ3v) is 9.63. The van der Waals surface area contributed by atoms with Crippen molar-refractivity contribution >= 4 is 23.8 Å². The van der Waals surface area contributed by atoms with Gasteiger partial charge in [0.15, 0.2) is 0 Å². The number of methoxy groups -OCH3 is 1. The molecule has 3 amide bonds. The van der Waals surface area contributed by atoms with Gasteiger partial charge in [-0.2, -0.15) is 0 Å². The van der Waals surface area contributed by atoms with E-state index in [1.165, 1.54) is 11.1 Å². The van der Waals surface area contributed by atoms with Gasteiger partial charge in [-0.3, -0.25) is 24.3 Å². The van der Waals surface area contributed by atoms with E-state index in [1.54, 1.807) is 32.0 Å². The van der Waals surface area contributed by atoms with Gasteiger partial charge in [0.25, 0.3) is 5.91 Å². The average molecular weight is 624 g/mol. The van der Waals surface area contributed by atoms with E-state index in [-0.39, 0.29) is 54.2 Å². The molecule has 0 radical (unpaired) electrons. The van der Waals surface area contributed by atoms with Gasteiger partial charge in [-0.1, -0.05) is 51.6 Å². The van der Waals surface area contributed by atoms with Crippen LogP contribution in [-0.2, 0) is 30.3 Å². The lowest BCUT2D eigenvalue weighted by Crippen LogP contribution is -2.61. The summed E-state index contributed by atoms with van der Waals surface area (Å²) < 4.78 is 11.7. The second-order valence-electron chi connectivity index (χ2n) is 13.1. The number of carbonyl (C=O) groups is 3. The van der Waals surface area contributed by atoms with Gasteiger partial charge >= 0.3 is 0 Å². The number of nitrogens with zero attached hydrogens (tertiary/aromatic N) is 2. The monoisotopic (exact) mass is 623 g/mol. The molecule has 10 heteroatoms. The second kappa shape index (κ2) is 15.5. The molecule has 10 nitrogen and oxygen atoms in total. The van der Waals surface area contributed by atoms with Gasteiger partial charge in [0, 0.05) is 19.7 Å². The molecule has 0 aromatic heterocycles. The fraction of sp³-hybridized carbons (Fsp3) is 0.629. The molecule has 1 aromatic carbocycles. The highest BCUT2D eigenvalue weighted by Gasteiger charge is 2.51. The summed E-state index contributed by atoms with van der Waals surface area (Å²) in [5.74, 6) is -1.48. The molecule has 2 unspecified atom stereocenters. The molecule has 2 saturated heterocycles. The minimum atomic E-state index is -0.784. The normalized spacial score (nSPS) is 25.2. The smallest absolute Gasteiger partial charge is 0.258 e. The molecule has 45 heavy (non-hydrogen) atoms. The van der Waals surface area contributed by atoms with Crippen LogP contribution in [0.2, 0.25) is 0 Å². The van der Waals surface area contributed by atoms with E-state index in [4.69, 9.17) is 9.47 Å². The average Bonchev–Trinajstić information content (AvgIpc) is 3.74. The number of likely N-dealkylation sites (N-methyl/N-ethyl adjacent to an activating group) is 1. The molecule has 0 spiro atoms. The van der Waals surface area contributed by atoms with Crippen molar-refractivity contribution in [3.8, 4) is 0 Å². The van der Waals surface area contributed by atoms with Gasteiger partial charge in [-0.15, -0.1) is 6.58 Å². The van der Waals surface area contributed by atoms with E-state index >= 15 is 0 Å². The number of ether oxygens (including phenoxy) is 2. The Morgan fingerprint density at radius 2 is 1.91 bits per heavy atom. The predicted octanol–water partition coefficient (Wildman–Crippen LogP) is 3.73. The van der Waals surface area contributed by atoms with E-state index < -0.39 is 18.0 Å². The summed E-state index contributed by atoms with van der Waals surface area (Å²) in [5, 5.41) is 7.35. The summed E-state index contributed by atoms with van der Waals surface area (Å²) in [6.07, 6.45) is 8.58. The van der Waals surface area contributed by atoms with Crippen LogP contribution in [0, 0.1) is 11.8 Å². The van der Waals surface area contributed by atoms with E-state index in [1.807, 2.05) is 19.9 Å². The highest BCUT2D eigenvalue weighted by molar-refractivity contribution is 5.92. The number of nitrogens with one attached hydrogen (secondary N) is 3. The molecule has 1 aromatic rings. The summed E-state index contributed by atoms with van der Waals surface area (Å²) >= 11 is 0. The first kappa shape index (κ1) is 34.8. The van der Waals surface area contributed by atoms with Crippen LogP contribution >= 0.6 is 0 Å². The molecule has 3 N–H and O–H groups in total. The number of benzene rings is 1. The van der Waals surface area contributed by atoms with Crippen molar-refractivity contribution < 1.29 is 23.9 Å². The van der Waals surface area contributed by atoms with Crippen molar-refractivity contribution in [3.63, 3.8) is 0 Å². The van der Waals surface area contributed by atoms with Crippen LogP contribution in [-0.4, -0.2) is 84.9 Å². The largest absolute Gasteiger partial charge is 0.381 e. The molecule has 2 fully saturated rings. The van der Waals surface area contributed by atoms with Gasteiger partial charge in [-0.05, 0) is 81.2 Å². The zero-order valence-corrected chi connectivity index (χ0v) is 27.9. The number of epoxide rings is 1. The van der Waals surface area contributed by atoms with Gasteiger partial charge in [0.05, 0.1) is 18.1 Å². The molecule has 0 bridgehead atoms. The number of allylic oxidation sites excluding steroid dienone is 1. The van der Waals surface area contributed by atoms with Crippen molar-refractivity contribution in [2.45, 2.75) is 109 Å². The number of fused-ring (bicyclic) bond motifs is 1. The summed E-state index contributed by atoms with van der Waals surface area (Å²) in [6.45, 7) is 15.4. The third-order valence-electron chi connectivity index (χ3n) is 9.63. The Hall–Kier alpha value is -3.05. The fourth-order valence-electron chi connectivity index (χ4n) is 6.71. The predicted molar refractivity (Wildman–Crippen MR) is 176 cm³/mol. The minimum absolute atomic E-state index is 0.00237. The molecule has 4 rings (SSSR count). The highest BCUT2D eigenvalue weighted by Crippen LogP contribution is 2.42. The lowest BCUT2D eigenvalue weighted by Gasteiger charge is -2.35. The van der Waals surface area contributed by atoms with E-state index in [9.17, 15) is 14.4 Å². The van der Waals surface area contributed by atoms with E-state index in [0.29, 0.717) is 13.0 Å². The summed E-state index contributed by atoms with van der Waals surface area (Å²) in [7, 11) is 3.70. The number of hydrogen-bond donors (Lipinski definition) is 3. The molecular formula is C35H53N5O5. The van der Waals surface area contributed by atoms with Crippen molar-refractivity contribution in [1.29, 1.82) is 0 Å². The van der Waals surface area contributed by atoms with E-state index in [2.05, 4.69) is 59.4 Å². The first-order valence-corrected chi connectivity index (χ1v) is 16.4. The lowest BCUT2D eigenvalue weighted by atomic mass is 9.97. The summed E-state index contributed by atoms with van der Waals surface area (Å²) in [5.41, 5.74) is 7.25. The van der Waals surface area contributed by atoms with Crippen LogP contribution < -0.4 is 16.1 Å². The van der Waals surface area contributed by atoms with Crippen molar-refractivity contribution in [2.75, 3.05) is 20.7 Å². The van der Waals surface area contributed by atoms with Crippen LogP contribution in [0.1, 0.15) is 82.5 Å². The molecule has 3 aliphatic rings. The minimum Gasteiger partial charge on any atom is -0.381 e. The maximum Gasteiger partial charge on any atom is 0.258 e. The van der Waals surface area contributed by atoms with Crippen molar-refractivity contribution in [2.24, 2.45) is 11.8 Å². The first-order chi connectivity index (χ1) is 21.5. The number of aryl methyl sites for hydroxylation is 1. The Morgan fingerprint density at radius 1 is 1.16 bits per heavy atom. The number of hydrogen-bond acceptors (Lipinski definition) is 7. The number of hydrazine groups is 1. The zero-order valence-electron chi connectivity index (χ0n) is 27.9. The maximum atomic E-state index is 13.5. The Kier molecular flexibility index (Phi) is 12.0. The summed E-state index contributed by atoms with van der Waals surface area (Å²) in [6, 6.07) is 5.29. The Balaban J connectivity index is 1.30. The van der Waals surface area contributed by atoms with Gasteiger partial charge in [0.2, 0.25) is 11.8 Å². The molecule has 248 valence electrons. The Labute approximate surface area is 268 Å². The van der Waals surface area contributed by atoms with Crippen LogP contribution in [0.3, 0.4) is 0 Å². The van der Waals surface area contributed by atoms with Crippen molar-refractivity contribution in [3.05, 3.63) is 54.1 Å². The highest BCUT2D eigenvalue weighted by atomic mass is 16.6. The zero-order chi connectivity index (χ0) is 32.8. The topological polar surface area (TPSA) is 116 Å². The number of rotatable bonds is 15. The Bertz CT molecular complexity index is 1240. The molecule has 0 saturated carbocycles. The maximum absolute atomic E-state index is 13.5. The lowest BCUT2D eigenvalue weighted by molar-refractivity contribution is -0.142. The summed E-state index contributed by atoms with van der Waals surface area (Å²) in [4.78, 5) is 42.2. The molecular weight excluding hydrogens is 570 g/mol. The standard InChI is InChI=1S/C35H53N5O5/c1-9-11-14-29(44-8)22(5)32(41)37-30(21(3)4)33(42)36-23(6)34(43)40-19-12-13-27(38-40)31-35(45-31)39(7)28-18-17-25-16-15-24(10-2)20-26(25)28/h9-10,15-16,20-23,27-31,35,38H,1-2,11-14,17-19H2,3-8H3,(H,36,42)(H,37,41)/t22-,23+,27+,28-,29-,30+,31?,35?/m1/s1. The van der Waals surface area contributed by atoms with Gasteiger partial charge < -0.3 is 20.1 Å². The van der Waals surface area contributed by atoms with Crippen molar-refractivity contribution in [1.82, 2.24) is 26.0 Å².